The normalized spacial score (nSPS) is 12.2. The first-order chi connectivity index (χ1) is 17.8. The second-order valence-corrected chi connectivity index (χ2v) is 8.60. The highest BCUT2D eigenvalue weighted by Gasteiger charge is 2.50. The van der Waals surface area contributed by atoms with Crippen LogP contribution in [0, 0.1) is 25.5 Å². The van der Waals surface area contributed by atoms with Crippen LogP contribution in [0.1, 0.15) is 28.1 Å². The van der Waals surface area contributed by atoms with E-state index < -0.39 is 29.3 Å². The highest BCUT2D eigenvalue weighted by molar-refractivity contribution is 5.76. The van der Waals surface area contributed by atoms with Crippen molar-refractivity contribution in [3.05, 3.63) is 125 Å². The number of benzene rings is 3. The van der Waals surface area contributed by atoms with Gasteiger partial charge in [-0.1, -0.05) is 54.6 Å². The number of carbonyl (C=O) groups is 1. The molecular formula is C29H26F2N2O4. The average molecular weight is 505 g/mol. The zero-order chi connectivity index (χ0) is 26.4. The third-order valence-electron chi connectivity index (χ3n) is 5.89. The fourth-order valence-corrected chi connectivity index (χ4v) is 4.24. The number of aryl methyl sites for hydroxylation is 2. The van der Waals surface area contributed by atoms with E-state index in [9.17, 15) is 18.7 Å². The topological polar surface area (TPSA) is 81.5 Å². The van der Waals surface area contributed by atoms with Crippen molar-refractivity contribution in [2.45, 2.75) is 32.0 Å². The summed E-state index contributed by atoms with van der Waals surface area (Å²) in [7, 11) is 0. The predicted octanol–water partition coefficient (Wildman–Crippen LogP) is 5.41. The van der Waals surface area contributed by atoms with Gasteiger partial charge in [-0.2, -0.15) is 0 Å². The van der Waals surface area contributed by atoms with Gasteiger partial charge in [0.1, 0.15) is 11.6 Å². The summed E-state index contributed by atoms with van der Waals surface area (Å²) < 4.78 is 40.3. The second kappa shape index (κ2) is 11.3. The maximum atomic E-state index is 13.9. The Morgan fingerprint density at radius 3 is 1.86 bits per heavy atom. The molecule has 4 rings (SSSR count). The van der Waals surface area contributed by atoms with Crippen LogP contribution in [0.15, 0.2) is 84.9 Å². The number of carboxylic acid groups (broad SMARTS) is 1. The maximum Gasteiger partial charge on any atom is 0.348 e. The molecule has 6 nitrogen and oxygen atoms in total. The summed E-state index contributed by atoms with van der Waals surface area (Å²) in [5, 5.41) is 10.4. The van der Waals surface area contributed by atoms with E-state index in [1.165, 1.54) is 48.5 Å². The van der Waals surface area contributed by atoms with Crippen molar-refractivity contribution in [2.75, 3.05) is 6.61 Å². The molecule has 3 aromatic carbocycles. The van der Waals surface area contributed by atoms with Crippen LogP contribution in [0.5, 0.6) is 6.01 Å². The summed E-state index contributed by atoms with van der Waals surface area (Å²) in [5.41, 5.74) is 0.968. The molecule has 1 aromatic heterocycles. The predicted molar refractivity (Wildman–Crippen MR) is 133 cm³/mol. The number of aromatic nitrogens is 2. The molecule has 0 spiro atoms. The number of nitrogens with zero attached hydrogens (tertiary/aromatic N) is 2. The Kier molecular flexibility index (Phi) is 7.89. The number of hydrogen-bond acceptors (Lipinski definition) is 5. The third-order valence-corrected chi connectivity index (χ3v) is 5.89. The van der Waals surface area contributed by atoms with E-state index in [1.54, 1.807) is 19.9 Å². The van der Waals surface area contributed by atoms with Crippen LogP contribution in [0.4, 0.5) is 8.78 Å². The Hall–Kier alpha value is -4.17. The fraction of sp³-hybridized carbons (Fsp3) is 0.207. The first kappa shape index (κ1) is 25.9. The molecule has 0 saturated heterocycles. The highest BCUT2D eigenvalue weighted by Crippen LogP contribution is 2.39. The Labute approximate surface area is 213 Å². The summed E-state index contributed by atoms with van der Waals surface area (Å²) in [5.74, 6) is -2.38. The molecular weight excluding hydrogens is 478 g/mol. The van der Waals surface area contributed by atoms with E-state index in [0.717, 1.165) is 5.56 Å². The molecule has 0 saturated carbocycles. The molecule has 0 bridgehead atoms. The molecule has 1 atom stereocenters. The largest absolute Gasteiger partial charge is 0.478 e. The molecule has 4 aromatic rings. The van der Waals surface area contributed by atoms with Gasteiger partial charge >= 0.3 is 12.0 Å². The van der Waals surface area contributed by atoms with Gasteiger partial charge in [-0.05, 0) is 67.3 Å². The van der Waals surface area contributed by atoms with E-state index in [2.05, 4.69) is 9.97 Å². The minimum absolute atomic E-state index is 0.0829. The lowest BCUT2D eigenvalue weighted by molar-refractivity contribution is -0.164. The Morgan fingerprint density at radius 2 is 1.38 bits per heavy atom. The fourth-order valence-electron chi connectivity index (χ4n) is 4.24. The summed E-state index contributed by atoms with van der Waals surface area (Å²) in [4.78, 5) is 21.3. The van der Waals surface area contributed by atoms with Crippen molar-refractivity contribution in [3.63, 3.8) is 0 Å². The van der Waals surface area contributed by atoms with E-state index >= 15 is 0 Å². The van der Waals surface area contributed by atoms with Crippen molar-refractivity contribution in [1.29, 1.82) is 0 Å². The SMILES string of the molecule is Cc1cc(C)nc(O[C@@H](C(=O)O)C(OCCc2ccccc2)(c2ccc(F)cc2)c2ccc(F)cc2)n1. The molecule has 8 heteroatoms. The minimum Gasteiger partial charge on any atom is -0.478 e. The summed E-state index contributed by atoms with van der Waals surface area (Å²) in [6.45, 7) is 3.56. The summed E-state index contributed by atoms with van der Waals surface area (Å²) in [6, 6.07) is 21.7. The Morgan fingerprint density at radius 1 is 0.865 bits per heavy atom. The van der Waals surface area contributed by atoms with E-state index in [1.807, 2.05) is 30.3 Å². The zero-order valence-electron chi connectivity index (χ0n) is 20.4. The van der Waals surface area contributed by atoms with E-state index in [0.29, 0.717) is 28.9 Å². The molecule has 0 fully saturated rings. The standard InChI is InChI=1S/C29H26F2N2O4/c1-19-18-20(2)33-28(32-19)37-26(27(34)35)29(22-8-12-24(30)13-9-22,23-10-14-25(31)15-11-23)36-17-16-21-6-4-3-5-7-21/h3-15,18,26H,16-17H2,1-2H3,(H,34,35)/t26-/m0/s1. The summed E-state index contributed by atoms with van der Waals surface area (Å²) >= 11 is 0. The summed E-state index contributed by atoms with van der Waals surface area (Å²) in [6.07, 6.45) is -1.25. The Bertz CT molecular complexity index is 1280. The highest BCUT2D eigenvalue weighted by atomic mass is 19.1. The van der Waals surface area contributed by atoms with Crippen molar-refractivity contribution in [1.82, 2.24) is 9.97 Å². The zero-order valence-corrected chi connectivity index (χ0v) is 20.4. The van der Waals surface area contributed by atoms with Gasteiger partial charge in [0.2, 0.25) is 6.10 Å². The molecule has 190 valence electrons. The van der Waals surface area contributed by atoms with Crippen LogP contribution in [-0.4, -0.2) is 33.8 Å². The second-order valence-electron chi connectivity index (χ2n) is 8.60. The van der Waals surface area contributed by atoms with Crippen LogP contribution >= 0.6 is 0 Å². The van der Waals surface area contributed by atoms with Crippen molar-refractivity contribution < 1.29 is 28.2 Å². The van der Waals surface area contributed by atoms with Gasteiger partial charge in [0.15, 0.2) is 5.60 Å². The van der Waals surface area contributed by atoms with E-state index in [-0.39, 0.29) is 12.6 Å². The number of carboxylic acids is 1. The maximum absolute atomic E-state index is 13.9. The quantitative estimate of drug-likeness (QED) is 0.311. The van der Waals surface area contributed by atoms with Crippen LogP contribution in [-0.2, 0) is 21.6 Å². The van der Waals surface area contributed by atoms with Crippen LogP contribution in [0.3, 0.4) is 0 Å². The lowest BCUT2D eigenvalue weighted by Crippen LogP contribution is -2.51. The molecule has 0 amide bonds. The molecule has 0 aliphatic heterocycles. The molecule has 37 heavy (non-hydrogen) atoms. The number of rotatable bonds is 10. The first-order valence-corrected chi connectivity index (χ1v) is 11.7. The van der Waals surface area contributed by atoms with Crippen LogP contribution in [0.25, 0.3) is 0 Å². The van der Waals surface area contributed by atoms with Gasteiger partial charge in [-0.3, -0.25) is 0 Å². The van der Waals surface area contributed by atoms with Crippen molar-refractivity contribution >= 4 is 5.97 Å². The van der Waals surface area contributed by atoms with Gasteiger partial charge in [-0.15, -0.1) is 0 Å². The number of ether oxygens (including phenoxy) is 2. The van der Waals surface area contributed by atoms with Crippen LogP contribution < -0.4 is 4.74 Å². The molecule has 1 heterocycles. The molecule has 0 aliphatic carbocycles. The lowest BCUT2D eigenvalue weighted by atomic mass is 9.80. The van der Waals surface area contributed by atoms with Crippen molar-refractivity contribution in [2.24, 2.45) is 0 Å². The minimum atomic E-state index is -1.80. The number of halogens is 2. The Balaban J connectivity index is 1.87. The van der Waals surface area contributed by atoms with Gasteiger partial charge in [0.25, 0.3) is 0 Å². The first-order valence-electron chi connectivity index (χ1n) is 11.7. The van der Waals surface area contributed by atoms with Gasteiger partial charge in [0.05, 0.1) is 6.61 Å². The van der Waals surface area contributed by atoms with Crippen LogP contribution in [0.2, 0.25) is 0 Å². The molecule has 0 aliphatic rings. The smallest absolute Gasteiger partial charge is 0.348 e. The van der Waals surface area contributed by atoms with Gasteiger partial charge < -0.3 is 14.6 Å². The average Bonchev–Trinajstić information content (AvgIpc) is 2.87. The number of hydrogen-bond donors (Lipinski definition) is 1. The lowest BCUT2D eigenvalue weighted by Gasteiger charge is -2.39. The third kappa shape index (κ3) is 5.98. The molecule has 0 unspecified atom stereocenters. The molecule has 1 N–H and O–H groups in total. The van der Waals surface area contributed by atoms with E-state index in [4.69, 9.17) is 9.47 Å². The monoisotopic (exact) mass is 504 g/mol. The van der Waals surface area contributed by atoms with Gasteiger partial charge in [0, 0.05) is 11.4 Å². The van der Waals surface area contributed by atoms with Crippen molar-refractivity contribution in [3.8, 4) is 6.01 Å². The number of aliphatic carboxylic acids is 1. The van der Waals surface area contributed by atoms with Gasteiger partial charge in [-0.25, -0.2) is 23.5 Å². The molecule has 0 radical (unpaired) electrons.